The molecule has 0 bridgehead atoms. The number of hydrogen-bond acceptors (Lipinski definition) is 8. The zero-order chi connectivity index (χ0) is 21.1. The van der Waals surface area contributed by atoms with E-state index in [9.17, 15) is 10.2 Å². The summed E-state index contributed by atoms with van der Waals surface area (Å²) in [4.78, 5) is 16.3. The van der Waals surface area contributed by atoms with Crippen molar-refractivity contribution in [2.45, 2.75) is 26.1 Å². The van der Waals surface area contributed by atoms with Gasteiger partial charge in [-0.3, -0.25) is 4.98 Å². The SMILES string of the molecule is CC(C)(O)OCCc1cnc2c(N3CCOCC3)nc(-c3cccc(O)c3)nc2c1. The van der Waals surface area contributed by atoms with Gasteiger partial charge in [-0.25, -0.2) is 9.97 Å². The number of ether oxygens (including phenoxy) is 2. The Morgan fingerprint density at radius 1 is 1.17 bits per heavy atom. The first-order valence-electron chi connectivity index (χ1n) is 10.0. The summed E-state index contributed by atoms with van der Waals surface area (Å²) in [5.41, 5.74) is 3.15. The van der Waals surface area contributed by atoms with Crippen LogP contribution in [0.2, 0.25) is 0 Å². The highest BCUT2D eigenvalue weighted by Crippen LogP contribution is 2.28. The molecule has 3 heterocycles. The fourth-order valence-corrected chi connectivity index (χ4v) is 3.37. The third-order valence-electron chi connectivity index (χ3n) is 4.84. The summed E-state index contributed by atoms with van der Waals surface area (Å²) in [7, 11) is 0. The average molecular weight is 410 g/mol. The number of morpholine rings is 1. The topological polar surface area (TPSA) is 101 Å². The molecule has 158 valence electrons. The van der Waals surface area contributed by atoms with Gasteiger partial charge in [0.1, 0.15) is 11.3 Å². The Morgan fingerprint density at radius 2 is 1.97 bits per heavy atom. The molecule has 0 amide bonds. The second-order valence-corrected chi connectivity index (χ2v) is 7.78. The Balaban J connectivity index is 1.74. The van der Waals surface area contributed by atoms with Crippen molar-refractivity contribution in [3.63, 3.8) is 0 Å². The number of aromatic nitrogens is 3. The highest BCUT2D eigenvalue weighted by molar-refractivity contribution is 5.88. The monoisotopic (exact) mass is 410 g/mol. The molecule has 0 unspecified atom stereocenters. The number of aromatic hydroxyl groups is 1. The van der Waals surface area contributed by atoms with Crippen LogP contribution in [0.25, 0.3) is 22.4 Å². The van der Waals surface area contributed by atoms with Crippen LogP contribution < -0.4 is 4.90 Å². The van der Waals surface area contributed by atoms with E-state index in [1.54, 1.807) is 38.2 Å². The Labute approximate surface area is 175 Å². The van der Waals surface area contributed by atoms with Crippen molar-refractivity contribution in [1.82, 2.24) is 15.0 Å². The predicted octanol–water partition coefficient (Wildman–Crippen LogP) is 2.52. The lowest BCUT2D eigenvalue weighted by Gasteiger charge is -2.28. The third-order valence-corrected chi connectivity index (χ3v) is 4.84. The van der Waals surface area contributed by atoms with E-state index >= 15 is 0 Å². The van der Waals surface area contributed by atoms with Crippen molar-refractivity contribution >= 4 is 16.9 Å². The van der Waals surface area contributed by atoms with Crippen LogP contribution in [0.3, 0.4) is 0 Å². The number of fused-ring (bicyclic) bond motifs is 1. The molecule has 0 aliphatic carbocycles. The minimum absolute atomic E-state index is 0.166. The van der Waals surface area contributed by atoms with Gasteiger partial charge in [0.05, 0.1) is 25.3 Å². The molecule has 1 aliphatic rings. The summed E-state index contributed by atoms with van der Waals surface area (Å²) in [5.74, 6) is 0.297. The maximum atomic E-state index is 9.88. The number of benzene rings is 1. The molecule has 2 N–H and O–H groups in total. The number of pyridine rings is 1. The summed E-state index contributed by atoms with van der Waals surface area (Å²) in [6.07, 6.45) is 2.41. The molecule has 0 radical (unpaired) electrons. The van der Waals surface area contributed by atoms with Crippen LogP contribution in [-0.4, -0.2) is 63.9 Å². The smallest absolute Gasteiger partial charge is 0.162 e. The van der Waals surface area contributed by atoms with Crippen LogP contribution >= 0.6 is 0 Å². The van der Waals surface area contributed by atoms with Gasteiger partial charge in [-0.15, -0.1) is 0 Å². The first-order chi connectivity index (χ1) is 14.4. The van der Waals surface area contributed by atoms with Gasteiger partial charge in [0.15, 0.2) is 17.4 Å². The summed E-state index contributed by atoms with van der Waals surface area (Å²) in [6, 6.07) is 8.90. The fraction of sp³-hybridized carbons (Fsp3) is 0.409. The molecule has 1 fully saturated rings. The van der Waals surface area contributed by atoms with E-state index in [-0.39, 0.29) is 5.75 Å². The average Bonchev–Trinajstić information content (AvgIpc) is 2.72. The van der Waals surface area contributed by atoms with E-state index in [1.807, 2.05) is 12.1 Å². The molecule has 3 aromatic rings. The first-order valence-corrected chi connectivity index (χ1v) is 10.0. The molecule has 1 aliphatic heterocycles. The second-order valence-electron chi connectivity index (χ2n) is 7.78. The van der Waals surface area contributed by atoms with E-state index in [1.165, 1.54) is 0 Å². The van der Waals surface area contributed by atoms with Gasteiger partial charge in [0.2, 0.25) is 0 Å². The zero-order valence-electron chi connectivity index (χ0n) is 17.2. The van der Waals surface area contributed by atoms with E-state index < -0.39 is 5.79 Å². The van der Waals surface area contributed by atoms with Crippen molar-refractivity contribution in [1.29, 1.82) is 0 Å². The number of phenolic OH excluding ortho intramolecular Hbond substituents is 1. The van der Waals surface area contributed by atoms with Gasteiger partial charge < -0.3 is 24.6 Å². The minimum atomic E-state index is -1.17. The fourth-order valence-electron chi connectivity index (χ4n) is 3.37. The summed E-state index contributed by atoms with van der Waals surface area (Å²) < 4.78 is 10.9. The summed E-state index contributed by atoms with van der Waals surface area (Å²) in [5, 5.41) is 19.6. The van der Waals surface area contributed by atoms with Crippen molar-refractivity contribution in [3.8, 4) is 17.1 Å². The highest BCUT2D eigenvalue weighted by atomic mass is 16.6. The Morgan fingerprint density at radius 3 is 2.70 bits per heavy atom. The quantitative estimate of drug-likeness (QED) is 0.598. The van der Waals surface area contributed by atoms with Crippen LogP contribution in [0.4, 0.5) is 5.82 Å². The van der Waals surface area contributed by atoms with Crippen LogP contribution in [0.5, 0.6) is 5.75 Å². The van der Waals surface area contributed by atoms with Crippen LogP contribution in [0, 0.1) is 0 Å². The number of phenols is 1. The van der Waals surface area contributed by atoms with Gasteiger partial charge in [0, 0.05) is 24.8 Å². The van der Waals surface area contributed by atoms with Gasteiger partial charge in [-0.05, 0) is 44.0 Å². The lowest BCUT2D eigenvalue weighted by molar-refractivity contribution is -0.175. The van der Waals surface area contributed by atoms with Gasteiger partial charge in [-0.2, -0.15) is 0 Å². The largest absolute Gasteiger partial charge is 0.508 e. The zero-order valence-corrected chi connectivity index (χ0v) is 17.2. The molecule has 30 heavy (non-hydrogen) atoms. The molecule has 1 aromatic carbocycles. The minimum Gasteiger partial charge on any atom is -0.508 e. The standard InChI is InChI=1S/C22H26N4O4/c1-22(2,28)30-9-6-15-12-18-19(23-14-15)21(26-7-10-29-11-8-26)25-20(24-18)16-4-3-5-17(27)13-16/h3-5,12-14,27-28H,6-11H2,1-2H3. The van der Waals surface area contributed by atoms with Crippen LogP contribution in [0.15, 0.2) is 36.5 Å². The molecular weight excluding hydrogens is 384 g/mol. The molecule has 0 saturated carbocycles. The second kappa shape index (κ2) is 8.51. The molecule has 0 atom stereocenters. The molecular formula is C22H26N4O4. The molecule has 1 saturated heterocycles. The van der Waals surface area contributed by atoms with Gasteiger partial charge in [-0.1, -0.05) is 12.1 Å². The lowest BCUT2D eigenvalue weighted by atomic mass is 10.1. The maximum absolute atomic E-state index is 9.88. The summed E-state index contributed by atoms with van der Waals surface area (Å²) >= 11 is 0. The number of anilines is 1. The molecule has 2 aromatic heterocycles. The van der Waals surface area contributed by atoms with E-state index in [0.29, 0.717) is 32.1 Å². The molecule has 8 heteroatoms. The van der Waals surface area contributed by atoms with E-state index in [0.717, 1.165) is 41.1 Å². The predicted molar refractivity (Wildman–Crippen MR) is 113 cm³/mol. The summed E-state index contributed by atoms with van der Waals surface area (Å²) in [6.45, 7) is 6.32. The van der Waals surface area contributed by atoms with Crippen molar-refractivity contribution < 1.29 is 19.7 Å². The van der Waals surface area contributed by atoms with Crippen molar-refractivity contribution in [2.75, 3.05) is 37.8 Å². The van der Waals surface area contributed by atoms with Gasteiger partial charge in [0.25, 0.3) is 0 Å². The first kappa shape index (κ1) is 20.5. The maximum Gasteiger partial charge on any atom is 0.162 e. The number of hydrogen-bond donors (Lipinski definition) is 2. The van der Waals surface area contributed by atoms with E-state index in [4.69, 9.17) is 19.4 Å². The number of nitrogens with zero attached hydrogens (tertiary/aromatic N) is 4. The highest BCUT2D eigenvalue weighted by Gasteiger charge is 2.20. The number of aliphatic hydroxyl groups is 1. The Kier molecular flexibility index (Phi) is 5.80. The molecule has 0 spiro atoms. The number of rotatable bonds is 6. The normalized spacial score (nSPS) is 15.0. The Hall–Kier alpha value is -2.81. The van der Waals surface area contributed by atoms with Crippen molar-refractivity contribution in [2.24, 2.45) is 0 Å². The third kappa shape index (κ3) is 4.84. The van der Waals surface area contributed by atoms with E-state index in [2.05, 4.69) is 9.88 Å². The van der Waals surface area contributed by atoms with Crippen LogP contribution in [-0.2, 0) is 15.9 Å². The Bertz CT molecular complexity index is 1030. The molecule has 8 nitrogen and oxygen atoms in total. The molecule has 4 rings (SSSR count). The van der Waals surface area contributed by atoms with Crippen molar-refractivity contribution in [3.05, 3.63) is 42.1 Å². The van der Waals surface area contributed by atoms with Crippen LogP contribution in [0.1, 0.15) is 19.4 Å². The van der Waals surface area contributed by atoms with Gasteiger partial charge >= 0.3 is 0 Å². The lowest BCUT2D eigenvalue weighted by Crippen LogP contribution is -2.37.